The van der Waals surface area contributed by atoms with E-state index in [1.807, 2.05) is 0 Å². The van der Waals surface area contributed by atoms with E-state index in [0.717, 1.165) is 6.33 Å². The number of fused-ring (bicyclic) bond motifs is 1. The van der Waals surface area contributed by atoms with Crippen LogP contribution in [0, 0.1) is 0 Å². The maximum absolute atomic E-state index is 12.4. The highest BCUT2D eigenvalue weighted by molar-refractivity contribution is 7.89. The number of aliphatic hydroxyl groups is 2. The highest BCUT2D eigenvalue weighted by atomic mass is 32.2. The number of nitrogens with one attached hydrogen (secondary N) is 3. The normalized spacial score (nSPS) is 22.2. The number of amides is 3. The quantitative estimate of drug-likeness (QED) is 0.236. The van der Waals surface area contributed by atoms with Crippen LogP contribution < -0.4 is 21.1 Å². The summed E-state index contributed by atoms with van der Waals surface area (Å²) in [5, 5.41) is 33.3. The number of aromatic nitrogens is 4. The van der Waals surface area contributed by atoms with Crippen molar-refractivity contribution in [3.05, 3.63) is 36.9 Å². The van der Waals surface area contributed by atoms with Crippen molar-refractivity contribution in [2.24, 2.45) is 5.14 Å². The van der Waals surface area contributed by atoms with Crippen LogP contribution in [0.15, 0.2) is 41.8 Å². The molecule has 16 heteroatoms. The van der Waals surface area contributed by atoms with Gasteiger partial charge in [-0.15, -0.1) is 0 Å². The van der Waals surface area contributed by atoms with Crippen LogP contribution in [0.3, 0.4) is 0 Å². The van der Waals surface area contributed by atoms with Gasteiger partial charge in [0.25, 0.3) is 5.91 Å². The Morgan fingerprint density at radius 2 is 1.83 bits per heavy atom. The smallest absolute Gasteiger partial charge is 0.324 e. The SMILES string of the molecule is CCNC(=O)[C@H]1O[C@@H](n2cnc3c(NC(=O)Nc4ccc(S(N)(=O)=O)cc4)ncnc32)[C@H](O)[C@@H]1O. The lowest BCUT2D eigenvalue weighted by molar-refractivity contribution is -0.137. The van der Waals surface area contributed by atoms with E-state index in [9.17, 15) is 28.2 Å². The van der Waals surface area contributed by atoms with Gasteiger partial charge in [0.05, 0.1) is 11.2 Å². The predicted molar refractivity (Wildman–Crippen MR) is 120 cm³/mol. The van der Waals surface area contributed by atoms with E-state index in [0.29, 0.717) is 12.2 Å². The fourth-order valence-corrected chi connectivity index (χ4v) is 4.02. The molecule has 1 aromatic carbocycles. The molecular formula is C19H22N8O7S. The van der Waals surface area contributed by atoms with Gasteiger partial charge in [0.1, 0.15) is 18.5 Å². The summed E-state index contributed by atoms with van der Waals surface area (Å²) in [6.45, 7) is 2.03. The van der Waals surface area contributed by atoms with Crippen LogP contribution in [-0.2, 0) is 19.6 Å². The van der Waals surface area contributed by atoms with Crippen molar-refractivity contribution in [3.63, 3.8) is 0 Å². The zero-order chi connectivity index (χ0) is 25.3. The molecule has 4 atom stereocenters. The Hall–Kier alpha value is -3.70. The minimum atomic E-state index is -3.87. The number of aliphatic hydroxyl groups excluding tert-OH is 2. The van der Waals surface area contributed by atoms with Gasteiger partial charge >= 0.3 is 6.03 Å². The van der Waals surface area contributed by atoms with E-state index in [2.05, 4.69) is 30.9 Å². The molecule has 1 fully saturated rings. The predicted octanol–water partition coefficient (Wildman–Crippen LogP) is -1.13. The topological polar surface area (TPSA) is 224 Å². The zero-order valence-corrected chi connectivity index (χ0v) is 19.0. The summed E-state index contributed by atoms with van der Waals surface area (Å²) in [7, 11) is -3.87. The van der Waals surface area contributed by atoms with Crippen LogP contribution in [-0.4, -0.2) is 74.9 Å². The lowest BCUT2D eigenvalue weighted by Crippen LogP contribution is -2.42. The molecule has 4 rings (SSSR count). The maximum atomic E-state index is 12.4. The second kappa shape index (κ2) is 9.51. The molecule has 186 valence electrons. The van der Waals surface area contributed by atoms with E-state index in [4.69, 9.17) is 9.88 Å². The van der Waals surface area contributed by atoms with Crippen molar-refractivity contribution in [3.8, 4) is 0 Å². The van der Waals surface area contributed by atoms with E-state index in [-0.39, 0.29) is 21.9 Å². The number of benzene rings is 1. The van der Waals surface area contributed by atoms with Gasteiger partial charge in [-0.05, 0) is 31.2 Å². The highest BCUT2D eigenvalue weighted by Gasteiger charge is 2.47. The Morgan fingerprint density at radius 1 is 1.11 bits per heavy atom. The number of nitrogens with zero attached hydrogens (tertiary/aromatic N) is 4. The lowest BCUT2D eigenvalue weighted by Gasteiger charge is -2.16. The van der Waals surface area contributed by atoms with E-state index >= 15 is 0 Å². The van der Waals surface area contributed by atoms with Crippen molar-refractivity contribution in [2.45, 2.75) is 36.4 Å². The molecule has 3 aromatic rings. The number of sulfonamides is 1. The van der Waals surface area contributed by atoms with Crippen LogP contribution in [0.2, 0.25) is 0 Å². The first kappa shape index (κ1) is 24.4. The van der Waals surface area contributed by atoms with Gasteiger partial charge < -0.3 is 25.6 Å². The van der Waals surface area contributed by atoms with Gasteiger partial charge in [-0.2, -0.15) is 0 Å². The fraction of sp³-hybridized carbons (Fsp3) is 0.316. The van der Waals surface area contributed by atoms with Crippen LogP contribution in [0.5, 0.6) is 0 Å². The standard InChI is InChI=1S/C19H22N8O7S/c1-2-21-17(30)14-12(28)13(29)18(34-14)27-8-24-11-15(22-7-23-16(11)27)26-19(31)25-9-3-5-10(6-4-9)35(20,32)33/h3-8,12-14,18,28-29H,2H2,1H3,(H,21,30)(H2,20,32,33)(H2,22,23,25,26,31)/t12-,13+,14-,18+/m0/s1. The van der Waals surface area contributed by atoms with Gasteiger partial charge in [-0.1, -0.05) is 0 Å². The molecule has 0 aliphatic carbocycles. The van der Waals surface area contributed by atoms with Gasteiger partial charge in [0.2, 0.25) is 10.0 Å². The molecule has 1 aliphatic heterocycles. The summed E-state index contributed by atoms with van der Waals surface area (Å²) < 4.78 is 29.6. The number of anilines is 2. The second-order valence-electron chi connectivity index (χ2n) is 7.52. The van der Waals surface area contributed by atoms with E-state index in [1.54, 1.807) is 6.92 Å². The van der Waals surface area contributed by atoms with Crippen molar-refractivity contribution < 1.29 is 33.0 Å². The van der Waals surface area contributed by atoms with Crippen LogP contribution in [0.25, 0.3) is 11.2 Å². The molecule has 1 aliphatic rings. The number of carbonyl (C=O) groups is 2. The Morgan fingerprint density at radius 3 is 2.49 bits per heavy atom. The monoisotopic (exact) mass is 506 g/mol. The molecule has 0 saturated carbocycles. The first-order valence-electron chi connectivity index (χ1n) is 10.3. The third-order valence-electron chi connectivity index (χ3n) is 5.15. The molecular weight excluding hydrogens is 484 g/mol. The Kier molecular flexibility index (Phi) is 6.64. The molecule has 0 bridgehead atoms. The average molecular weight is 507 g/mol. The number of urea groups is 1. The van der Waals surface area contributed by atoms with E-state index in [1.165, 1.54) is 35.2 Å². The van der Waals surface area contributed by atoms with Crippen LogP contribution in [0.1, 0.15) is 13.2 Å². The van der Waals surface area contributed by atoms with Gasteiger partial charge in [-0.3, -0.25) is 14.7 Å². The zero-order valence-electron chi connectivity index (χ0n) is 18.2. The Balaban J connectivity index is 1.52. The minimum Gasteiger partial charge on any atom is -0.387 e. The summed E-state index contributed by atoms with van der Waals surface area (Å²) >= 11 is 0. The third kappa shape index (κ3) is 4.91. The summed E-state index contributed by atoms with van der Waals surface area (Å²) in [6.07, 6.45) is -2.97. The number of imidazole rings is 1. The molecule has 3 amide bonds. The number of hydrogen-bond donors (Lipinski definition) is 6. The molecule has 1 saturated heterocycles. The lowest BCUT2D eigenvalue weighted by atomic mass is 10.1. The van der Waals surface area contributed by atoms with E-state index < -0.39 is 46.5 Å². The van der Waals surface area contributed by atoms with Crippen molar-refractivity contribution >= 4 is 44.6 Å². The number of ether oxygens (including phenoxy) is 1. The van der Waals surface area contributed by atoms with Crippen molar-refractivity contribution in [1.29, 1.82) is 0 Å². The molecule has 0 spiro atoms. The number of likely N-dealkylation sites (N-methyl/N-ethyl adjacent to an activating group) is 1. The van der Waals surface area contributed by atoms with Gasteiger partial charge in [-0.25, -0.2) is 33.3 Å². The molecule has 0 unspecified atom stereocenters. The molecule has 0 radical (unpaired) electrons. The number of primary sulfonamides is 1. The highest BCUT2D eigenvalue weighted by Crippen LogP contribution is 2.32. The molecule has 15 nitrogen and oxygen atoms in total. The number of rotatable bonds is 6. The average Bonchev–Trinajstić information content (AvgIpc) is 3.35. The first-order chi connectivity index (χ1) is 16.6. The van der Waals surface area contributed by atoms with Crippen LogP contribution >= 0.6 is 0 Å². The summed E-state index contributed by atoms with van der Waals surface area (Å²) in [4.78, 5) is 36.7. The molecule has 7 N–H and O–H groups in total. The maximum Gasteiger partial charge on any atom is 0.324 e. The Labute approximate surface area is 198 Å². The Bertz CT molecular complexity index is 1360. The van der Waals surface area contributed by atoms with Gasteiger partial charge in [0, 0.05) is 12.2 Å². The first-order valence-corrected chi connectivity index (χ1v) is 11.8. The molecule has 3 heterocycles. The second-order valence-corrected chi connectivity index (χ2v) is 9.08. The molecule has 2 aromatic heterocycles. The van der Waals surface area contributed by atoms with Crippen LogP contribution in [0.4, 0.5) is 16.3 Å². The summed E-state index contributed by atoms with van der Waals surface area (Å²) in [5.74, 6) is -0.544. The number of carbonyl (C=O) groups excluding carboxylic acids is 2. The molecule has 35 heavy (non-hydrogen) atoms. The number of nitrogens with two attached hydrogens (primary N) is 1. The van der Waals surface area contributed by atoms with Crippen molar-refractivity contribution in [2.75, 3.05) is 17.2 Å². The van der Waals surface area contributed by atoms with Gasteiger partial charge in [0.15, 0.2) is 29.3 Å². The van der Waals surface area contributed by atoms with Crippen molar-refractivity contribution in [1.82, 2.24) is 24.8 Å². The minimum absolute atomic E-state index is 0.0284. The summed E-state index contributed by atoms with van der Waals surface area (Å²) in [6, 6.07) is 4.50. The number of hydrogen-bond acceptors (Lipinski definition) is 10. The third-order valence-corrected chi connectivity index (χ3v) is 6.08. The largest absolute Gasteiger partial charge is 0.387 e. The summed E-state index contributed by atoms with van der Waals surface area (Å²) in [5.41, 5.74) is 0.609. The fourth-order valence-electron chi connectivity index (χ4n) is 3.51.